The molecular formula is C23H27N3O6. The number of methoxy groups -OCH3 is 1. The predicted octanol–water partition coefficient (Wildman–Crippen LogP) is 1.77. The minimum atomic E-state index is -0.302. The van der Waals surface area contributed by atoms with Gasteiger partial charge in [-0.1, -0.05) is 6.07 Å². The van der Waals surface area contributed by atoms with Gasteiger partial charge >= 0.3 is 0 Å². The molecule has 9 heteroatoms. The second-order valence-corrected chi connectivity index (χ2v) is 7.49. The fourth-order valence-electron chi connectivity index (χ4n) is 3.63. The molecule has 170 valence electrons. The number of fused-ring (bicyclic) bond motifs is 1. The van der Waals surface area contributed by atoms with Crippen molar-refractivity contribution < 1.29 is 28.5 Å². The van der Waals surface area contributed by atoms with Crippen molar-refractivity contribution in [3.63, 3.8) is 0 Å². The summed E-state index contributed by atoms with van der Waals surface area (Å²) in [7, 11) is 1.57. The van der Waals surface area contributed by atoms with Crippen LogP contribution in [0, 0.1) is 0 Å². The summed E-state index contributed by atoms with van der Waals surface area (Å²) in [6.07, 6.45) is 0. The van der Waals surface area contributed by atoms with Gasteiger partial charge in [0.2, 0.25) is 0 Å². The third-order valence-electron chi connectivity index (χ3n) is 5.34. The Kier molecular flexibility index (Phi) is 7.08. The van der Waals surface area contributed by atoms with E-state index in [1.165, 1.54) is 0 Å². The molecule has 0 aromatic heterocycles. The van der Waals surface area contributed by atoms with Gasteiger partial charge in [-0.3, -0.25) is 14.5 Å². The summed E-state index contributed by atoms with van der Waals surface area (Å²) in [5.41, 5.74) is 1.28. The van der Waals surface area contributed by atoms with Gasteiger partial charge in [-0.15, -0.1) is 0 Å². The van der Waals surface area contributed by atoms with Gasteiger partial charge in [0, 0.05) is 44.0 Å². The van der Waals surface area contributed by atoms with Crippen LogP contribution in [0.4, 0.5) is 11.4 Å². The molecular weight excluding hydrogens is 414 g/mol. The molecule has 2 aliphatic rings. The molecule has 1 N–H and O–H groups in total. The quantitative estimate of drug-likeness (QED) is 0.668. The SMILES string of the molecule is COc1cccc(OCC(=O)Nc2ccc3c(c2)OCC(=O)N3CCN2CCOCC2)c1. The fraction of sp³-hybridized carbons (Fsp3) is 0.391. The van der Waals surface area contributed by atoms with E-state index in [0.29, 0.717) is 35.2 Å². The van der Waals surface area contributed by atoms with E-state index in [1.54, 1.807) is 54.5 Å². The molecule has 0 bridgehead atoms. The fourth-order valence-corrected chi connectivity index (χ4v) is 3.63. The Balaban J connectivity index is 1.34. The standard InChI is InChI=1S/C23H27N3O6/c1-29-18-3-2-4-19(14-18)31-15-22(27)24-17-5-6-20-21(13-17)32-16-23(28)26(20)8-7-25-9-11-30-12-10-25/h2-6,13-14H,7-12,15-16H2,1H3,(H,24,27). The van der Waals surface area contributed by atoms with Gasteiger partial charge in [-0.25, -0.2) is 0 Å². The van der Waals surface area contributed by atoms with Gasteiger partial charge < -0.3 is 29.2 Å². The maximum atomic E-state index is 12.4. The van der Waals surface area contributed by atoms with Gasteiger partial charge in [-0.2, -0.15) is 0 Å². The first-order valence-corrected chi connectivity index (χ1v) is 10.6. The normalized spacial score (nSPS) is 16.2. The zero-order valence-electron chi connectivity index (χ0n) is 18.0. The highest BCUT2D eigenvalue weighted by atomic mass is 16.5. The smallest absolute Gasteiger partial charge is 0.265 e. The molecule has 1 saturated heterocycles. The highest BCUT2D eigenvalue weighted by Crippen LogP contribution is 2.34. The number of hydrogen-bond acceptors (Lipinski definition) is 7. The Morgan fingerprint density at radius 2 is 1.91 bits per heavy atom. The Morgan fingerprint density at radius 3 is 2.72 bits per heavy atom. The summed E-state index contributed by atoms with van der Waals surface area (Å²) < 4.78 is 21.7. The van der Waals surface area contributed by atoms with Crippen LogP contribution in [0.3, 0.4) is 0 Å². The van der Waals surface area contributed by atoms with E-state index in [1.807, 2.05) is 0 Å². The minimum absolute atomic E-state index is 0.0214. The molecule has 9 nitrogen and oxygen atoms in total. The number of hydrogen-bond donors (Lipinski definition) is 1. The molecule has 2 aromatic rings. The highest BCUT2D eigenvalue weighted by molar-refractivity contribution is 5.99. The van der Waals surface area contributed by atoms with Gasteiger partial charge in [0.15, 0.2) is 13.2 Å². The van der Waals surface area contributed by atoms with Crippen molar-refractivity contribution in [3.8, 4) is 17.2 Å². The van der Waals surface area contributed by atoms with E-state index >= 15 is 0 Å². The van der Waals surface area contributed by atoms with E-state index in [-0.39, 0.29) is 25.0 Å². The number of morpholine rings is 1. The zero-order chi connectivity index (χ0) is 22.3. The first kappa shape index (κ1) is 21.9. The molecule has 32 heavy (non-hydrogen) atoms. The average molecular weight is 441 g/mol. The summed E-state index contributed by atoms with van der Waals surface area (Å²) in [5.74, 6) is 1.39. The van der Waals surface area contributed by atoms with E-state index in [2.05, 4.69) is 10.2 Å². The van der Waals surface area contributed by atoms with Crippen molar-refractivity contribution in [2.45, 2.75) is 0 Å². The first-order chi connectivity index (χ1) is 15.6. The minimum Gasteiger partial charge on any atom is -0.497 e. The van der Waals surface area contributed by atoms with Crippen molar-refractivity contribution in [1.29, 1.82) is 0 Å². The van der Waals surface area contributed by atoms with Crippen molar-refractivity contribution in [1.82, 2.24) is 4.90 Å². The van der Waals surface area contributed by atoms with Crippen molar-refractivity contribution in [2.24, 2.45) is 0 Å². The van der Waals surface area contributed by atoms with Crippen molar-refractivity contribution in [3.05, 3.63) is 42.5 Å². The topological polar surface area (TPSA) is 89.6 Å². The molecule has 0 spiro atoms. The summed E-state index contributed by atoms with van der Waals surface area (Å²) in [5, 5.41) is 2.80. The van der Waals surface area contributed by atoms with Crippen LogP contribution in [0.15, 0.2) is 42.5 Å². The van der Waals surface area contributed by atoms with Crippen LogP contribution in [0.1, 0.15) is 0 Å². The van der Waals surface area contributed by atoms with Crippen molar-refractivity contribution >= 4 is 23.2 Å². The maximum Gasteiger partial charge on any atom is 0.265 e. The summed E-state index contributed by atoms with van der Waals surface area (Å²) >= 11 is 0. The van der Waals surface area contributed by atoms with E-state index < -0.39 is 0 Å². The molecule has 2 amide bonds. The van der Waals surface area contributed by atoms with Gasteiger partial charge in [-0.05, 0) is 24.3 Å². The second kappa shape index (κ2) is 10.3. The molecule has 0 aliphatic carbocycles. The Bertz CT molecular complexity index is 960. The number of amides is 2. The summed E-state index contributed by atoms with van der Waals surface area (Å²) in [6, 6.07) is 12.3. The molecule has 0 saturated carbocycles. The number of rotatable bonds is 8. The number of carbonyl (C=O) groups is 2. The number of nitrogens with one attached hydrogen (secondary N) is 1. The molecule has 2 aromatic carbocycles. The Labute approximate surface area is 186 Å². The molecule has 2 heterocycles. The van der Waals surface area contributed by atoms with Crippen LogP contribution in [-0.4, -0.2) is 76.4 Å². The average Bonchev–Trinajstić information content (AvgIpc) is 2.83. The van der Waals surface area contributed by atoms with Gasteiger partial charge in [0.25, 0.3) is 11.8 Å². The van der Waals surface area contributed by atoms with Crippen LogP contribution >= 0.6 is 0 Å². The van der Waals surface area contributed by atoms with E-state index in [0.717, 1.165) is 32.8 Å². The molecule has 2 aliphatic heterocycles. The summed E-state index contributed by atoms with van der Waals surface area (Å²) in [6.45, 7) is 4.37. The summed E-state index contributed by atoms with van der Waals surface area (Å²) in [4.78, 5) is 28.8. The lowest BCUT2D eigenvalue weighted by molar-refractivity contribution is -0.121. The lowest BCUT2D eigenvalue weighted by Gasteiger charge is -2.33. The molecule has 4 rings (SSSR count). The van der Waals surface area contributed by atoms with Crippen LogP contribution in [0.5, 0.6) is 17.2 Å². The molecule has 0 unspecified atom stereocenters. The molecule has 0 radical (unpaired) electrons. The lowest BCUT2D eigenvalue weighted by atomic mass is 10.2. The van der Waals surface area contributed by atoms with Gasteiger partial charge in [0.1, 0.15) is 17.2 Å². The third kappa shape index (κ3) is 5.49. The largest absolute Gasteiger partial charge is 0.497 e. The number of benzene rings is 2. The number of carbonyl (C=O) groups excluding carboxylic acids is 2. The highest BCUT2D eigenvalue weighted by Gasteiger charge is 2.26. The second-order valence-electron chi connectivity index (χ2n) is 7.49. The molecule has 1 fully saturated rings. The van der Waals surface area contributed by atoms with Crippen LogP contribution < -0.4 is 24.4 Å². The Morgan fingerprint density at radius 1 is 1.09 bits per heavy atom. The third-order valence-corrected chi connectivity index (χ3v) is 5.34. The van der Waals surface area contributed by atoms with Crippen molar-refractivity contribution in [2.75, 3.05) is 69.9 Å². The Hall–Kier alpha value is -3.30. The molecule has 0 atom stereocenters. The number of ether oxygens (including phenoxy) is 4. The number of anilines is 2. The van der Waals surface area contributed by atoms with Crippen LogP contribution in [0.2, 0.25) is 0 Å². The van der Waals surface area contributed by atoms with Gasteiger partial charge in [0.05, 0.1) is 26.0 Å². The van der Waals surface area contributed by atoms with Crippen LogP contribution in [-0.2, 0) is 14.3 Å². The van der Waals surface area contributed by atoms with Crippen LogP contribution in [0.25, 0.3) is 0 Å². The first-order valence-electron chi connectivity index (χ1n) is 10.6. The predicted molar refractivity (Wildman–Crippen MR) is 119 cm³/mol. The van der Waals surface area contributed by atoms with E-state index in [9.17, 15) is 9.59 Å². The zero-order valence-corrected chi connectivity index (χ0v) is 18.0. The monoisotopic (exact) mass is 441 g/mol. The maximum absolute atomic E-state index is 12.4. The number of nitrogens with zero attached hydrogens (tertiary/aromatic N) is 2. The van der Waals surface area contributed by atoms with E-state index in [4.69, 9.17) is 18.9 Å². The lowest BCUT2D eigenvalue weighted by Crippen LogP contribution is -2.45.